The van der Waals surface area contributed by atoms with Crippen LogP contribution in [0.1, 0.15) is 27.7 Å². The Morgan fingerprint density at radius 1 is 1.27 bits per heavy atom. The summed E-state index contributed by atoms with van der Waals surface area (Å²) in [5, 5.41) is 12.4. The lowest BCUT2D eigenvalue weighted by molar-refractivity contribution is -0.151. The molecule has 15 heavy (non-hydrogen) atoms. The molecular weight excluding hydrogens is 192 g/mol. The number of carboxylic acids is 1. The van der Waals surface area contributed by atoms with E-state index in [0.29, 0.717) is 0 Å². The Kier molecular flexibility index (Phi) is 4.74. The fraction of sp³-hybridized carbons (Fsp3) is 0.909. The van der Waals surface area contributed by atoms with E-state index < -0.39 is 16.9 Å². The molecule has 0 aromatic rings. The molecule has 0 aromatic carbocycles. The van der Waals surface area contributed by atoms with Crippen LogP contribution in [0.5, 0.6) is 0 Å². The number of rotatable bonds is 6. The van der Waals surface area contributed by atoms with Crippen LogP contribution in [0.3, 0.4) is 0 Å². The van der Waals surface area contributed by atoms with Gasteiger partial charge in [-0.3, -0.25) is 4.79 Å². The molecule has 0 aliphatic heterocycles. The lowest BCUT2D eigenvalue weighted by Gasteiger charge is -2.39. The summed E-state index contributed by atoms with van der Waals surface area (Å²) < 4.78 is 0. The molecule has 0 aliphatic carbocycles. The quantitative estimate of drug-likeness (QED) is 0.696. The Bertz CT molecular complexity index is 223. The van der Waals surface area contributed by atoms with Gasteiger partial charge in [0.15, 0.2) is 0 Å². The molecule has 0 rings (SSSR count). The first-order chi connectivity index (χ1) is 6.61. The van der Waals surface area contributed by atoms with Crippen LogP contribution in [0, 0.1) is 5.41 Å². The number of hydrogen-bond donors (Lipinski definition) is 2. The van der Waals surface area contributed by atoms with Gasteiger partial charge in [-0.05, 0) is 41.8 Å². The van der Waals surface area contributed by atoms with E-state index >= 15 is 0 Å². The van der Waals surface area contributed by atoms with Crippen molar-refractivity contribution >= 4 is 5.97 Å². The van der Waals surface area contributed by atoms with Gasteiger partial charge in [-0.1, -0.05) is 0 Å². The third-order valence-electron chi connectivity index (χ3n) is 3.22. The second kappa shape index (κ2) is 4.94. The maximum absolute atomic E-state index is 11.1. The predicted octanol–water partition coefficient (Wildman–Crippen LogP) is 1.03. The lowest BCUT2D eigenvalue weighted by atomic mass is 9.74. The minimum absolute atomic E-state index is 0.422. The maximum atomic E-state index is 11.1. The molecule has 4 nitrogen and oxygen atoms in total. The lowest BCUT2D eigenvalue weighted by Crippen LogP contribution is -2.56. The zero-order chi connectivity index (χ0) is 12.3. The van der Waals surface area contributed by atoms with Crippen molar-refractivity contribution in [2.75, 3.05) is 27.2 Å². The number of carboxylic acid groups (broad SMARTS) is 1. The van der Waals surface area contributed by atoms with E-state index in [2.05, 4.69) is 10.2 Å². The Morgan fingerprint density at radius 3 is 2.07 bits per heavy atom. The average Bonchev–Trinajstić information content (AvgIpc) is 2.02. The molecule has 0 saturated carbocycles. The van der Waals surface area contributed by atoms with Gasteiger partial charge in [0, 0.05) is 18.6 Å². The fourth-order valence-corrected chi connectivity index (χ4v) is 1.08. The highest BCUT2D eigenvalue weighted by molar-refractivity contribution is 5.75. The maximum Gasteiger partial charge on any atom is 0.310 e. The third-order valence-corrected chi connectivity index (χ3v) is 3.22. The van der Waals surface area contributed by atoms with Gasteiger partial charge in [0.25, 0.3) is 0 Å². The molecule has 0 unspecified atom stereocenters. The molecule has 2 N–H and O–H groups in total. The molecule has 90 valence electrons. The third kappa shape index (κ3) is 3.80. The van der Waals surface area contributed by atoms with Gasteiger partial charge in [-0.2, -0.15) is 0 Å². The number of aliphatic carboxylic acids is 1. The topological polar surface area (TPSA) is 52.6 Å². The zero-order valence-electron chi connectivity index (χ0n) is 10.7. The Labute approximate surface area is 92.7 Å². The first-order valence-electron chi connectivity index (χ1n) is 5.24. The van der Waals surface area contributed by atoms with Crippen molar-refractivity contribution < 1.29 is 9.90 Å². The van der Waals surface area contributed by atoms with Gasteiger partial charge < -0.3 is 15.3 Å². The SMILES string of the molecule is CN(C)CCNC(C)(C)C(C)(C)C(=O)O. The van der Waals surface area contributed by atoms with Crippen LogP contribution in [0.15, 0.2) is 0 Å². The largest absolute Gasteiger partial charge is 0.481 e. The van der Waals surface area contributed by atoms with E-state index in [1.807, 2.05) is 27.9 Å². The molecule has 0 aliphatic rings. The van der Waals surface area contributed by atoms with Crippen molar-refractivity contribution in [3.8, 4) is 0 Å². The summed E-state index contributed by atoms with van der Waals surface area (Å²) in [7, 11) is 3.99. The summed E-state index contributed by atoms with van der Waals surface area (Å²) in [5.74, 6) is -0.773. The van der Waals surface area contributed by atoms with E-state index in [1.54, 1.807) is 13.8 Å². The van der Waals surface area contributed by atoms with E-state index in [0.717, 1.165) is 13.1 Å². The van der Waals surface area contributed by atoms with Crippen LogP contribution < -0.4 is 5.32 Å². The molecule has 4 heteroatoms. The second-order valence-corrected chi connectivity index (χ2v) is 5.29. The minimum atomic E-state index is -0.778. The van der Waals surface area contributed by atoms with Crippen molar-refractivity contribution in [1.82, 2.24) is 10.2 Å². The summed E-state index contributed by atoms with van der Waals surface area (Å²) >= 11 is 0. The van der Waals surface area contributed by atoms with Gasteiger partial charge in [-0.15, -0.1) is 0 Å². The Hall–Kier alpha value is -0.610. The summed E-state index contributed by atoms with van der Waals surface area (Å²) in [6.07, 6.45) is 0. The highest BCUT2D eigenvalue weighted by atomic mass is 16.4. The van der Waals surface area contributed by atoms with Crippen LogP contribution in [-0.4, -0.2) is 48.7 Å². The van der Waals surface area contributed by atoms with Crippen LogP contribution in [0.2, 0.25) is 0 Å². The van der Waals surface area contributed by atoms with Crippen LogP contribution in [-0.2, 0) is 4.79 Å². The van der Waals surface area contributed by atoms with Crippen LogP contribution in [0.4, 0.5) is 0 Å². The number of likely N-dealkylation sites (N-methyl/N-ethyl adjacent to an activating group) is 1. The molecule has 0 heterocycles. The predicted molar refractivity (Wildman–Crippen MR) is 62.1 cm³/mol. The highest BCUT2D eigenvalue weighted by Crippen LogP contribution is 2.30. The molecule has 0 bridgehead atoms. The van der Waals surface area contributed by atoms with Gasteiger partial charge in [0.05, 0.1) is 5.41 Å². The summed E-state index contributed by atoms with van der Waals surface area (Å²) in [6.45, 7) is 9.04. The van der Waals surface area contributed by atoms with Crippen molar-refractivity contribution in [3.63, 3.8) is 0 Å². The molecule has 0 atom stereocenters. The van der Waals surface area contributed by atoms with Gasteiger partial charge in [0.2, 0.25) is 0 Å². The van der Waals surface area contributed by atoms with E-state index in [-0.39, 0.29) is 0 Å². The standard InChI is InChI=1S/C11H24N2O2/c1-10(2,9(14)15)11(3,4)12-7-8-13(5)6/h12H,7-8H2,1-6H3,(H,14,15). The highest BCUT2D eigenvalue weighted by Gasteiger charge is 2.42. The molecular formula is C11H24N2O2. The minimum Gasteiger partial charge on any atom is -0.481 e. The number of hydrogen-bond acceptors (Lipinski definition) is 3. The Morgan fingerprint density at radius 2 is 1.73 bits per heavy atom. The Balaban J connectivity index is 4.35. The number of nitrogens with zero attached hydrogens (tertiary/aromatic N) is 1. The van der Waals surface area contributed by atoms with Crippen molar-refractivity contribution in [1.29, 1.82) is 0 Å². The first kappa shape index (κ1) is 14.4. The molecule has 0 aromatic heterocycles. The first-order valence-corrected chi connectivity index (χ1v) is 5.24. The molecule has 0 saturated heterocycles. The summed E-state index contributed by atoms with van der Waals surface area (Å²) in [4.78, 5) is 13.2. The van der Waals surface area contributed by atoms with E-state index in [4.69, 9.17) is 5.11 Å². The average molecular weight is 216 g/mol. The van der Waals surface area contributed by atoms with E-state index in [9.17, 15) is 4.79 Å². The number of nitrogens with one attached hydrogen (secondary N) is 1. The molecule has 0 fully saturated rings. The second-order valence-electron chi connectivity index (χ2n) is 5.29. The van der Waals surface area contributed by atoms with E-state index in [1.165, 1.54) is 0 Å². The molecule has 0 spiro atoms. The van der Waals surface area contributed by atoms with Crippen LogP contribution >= 0.6 is 0 Å². The summed E-state index contributed by atoms with van der Waals surface area (Å²) in [5.41, 5.74) is -1.20. The monoisotopic (exact) mass is 216 g/mol. The smallest absolute Gasteiger partial charge is 0.310 e. The van der Waals surface area contributed by atoms with Crippen molar-refractivity contribution in [2.24, 2.45) is 5.41 Å². The number of carbonyl (C=O) groups is 1. The van der Waals surface area contributed by atoms with Crippen molar-refractivity contribution in [3.05, 3.63) is 0 Å². The fourth-order valence-electron chi connectivity index (χ4n) is 1.08. The molecule has 0 radical (unpaired) electrons. The molecule has 0 amide bonds. The zero-order valence-corrected chi connectivity index (χ0v) is 10.7. The van der Waals surface area contributed by atoms with Gasteiger partial charge in [0.1, 0.15) is 0 Å². The summed E-state index contributed by atoms with van der Waals surface area (Å²) in [6, 6.07) is 0. The van der Waals surface area contributed by atoms with Gasteiger partial charge >= 0.3 is 5.97 Å². The normalized spacial score (nSPS) is 13.3. The van der Waals surface area contributed by atoms with Crippen molar-refractivity contribution in [2.45, 2.75) is 33.2 Å². The van der Waals surface area contributed by atoms with Gasteiger partial charge in [-0.25, -0.2) is 0 Å². The van der Waals surface area contributed by atoms with Crippen LogP contribution in [0.25, 0.3) is 0 Å².